The Morgan fingerprint density at radius 3 is 2.23 bits per heavy atom. The van der Waals surface area contributed by atoms with Gasteiger partial charge in [-0.3, -0.25) is 0 Å². The second-order valence-corrected chi connectivity index (χ2v) is 4.61. The van der Waals surface area contributed by atoms with Crippen LogP contribution >= 0.6 is 0 Å². The van der Waals surface area contributed by atoms with Gasteiger partial charge in [0.2, 0.25) is 0 Å². The number of aliphatic hydroxyl groups excluding tert-OH is 1. The molecule has 1 heteroatoms. The minimum Gasteiger partial charge on any atom is -0.393 e. The van der Waals surface area contributed by atoms with E-state index in [1.807, 2.05) is 0 Å². The van der Waals surface area contributed by atoms with Gasteiger partial charge in [0.15, 0.2) is 0 Å². The van der Waals surface area contributed by atoms with Crippen molar-refractivity contribution in [3.63, 3.8) is 0 Å². The van der Waals surface area contributed by atoms with E-state index in [2.05, 4.69) is 20.8 Å². The maximum Gasteiger partial charge on any atom is 0.0545 e. The molecule has 0 heterocycles. The van der Waals surface area contributed by atoms with Crippen LogP contribution in [0.2, 0.25) is 0 Å². The van der Waals surface area contributed by atoms with Gasteiger partial charge in [-0.1, -0.05) is 40.0 Å². The summed E-state index contributed by atoms with van der Waals surface area (Å²) in [6.07, 6.45) is 7.03. The molecule has 0 aromatic carbocycles. The molecule has 1 fully saturated rings. The van der Waals surface area contributed by atoms with Crippen molar-refractivity contribution < 1.29 is 5.11 Å². The molecular formula is C12H24O. The van der Waals surface area contributed by atoms with Gasteiger partial charge in [-0.25, -0.2) is 0 Å². The molecule has 1 nitrogen and oxygen atoms in total. The van der Waals surface area contributed by atoms with Gasteiger partial charge in [0.05, 0.1) is 6.10 Å². The Balaban J connectivity index is 2.73. The molecule has 0 aliphatic heterocycles. The molecule has 78 valence electrons. The van der Waals surface area contributed by atoms with E-state index in [0.29, 0.717) is 5.41 Å². The molecule has 0 amide bonds. The molecule has 1 rings (SSSR count). The van der Waals surface area contributed by atoms with E-state index in [1.165, 1.54) is 25.7 Å². The van der Waals surface area contributed by atoms with E-state index < -0.39 is 0 Å². The predicted molar refractivity (Wildman–Crippen MR) is 56.7 cm³/mol. The van der Waals surface area contributed by atoms with E-state index in [4.69, 9.17) is 0 Å². The quantitative estimate of drug-likeness (QED) is 0.713. The van der Waals surface area contributed by atoms with E-state index in [0.717, 1.165) is 18.8 Å². The highest BCUT2D eigenvalue weighted by atomic mass is 16.3. The fourth-order valence-electron chi connectivity index (χ4n) is 3.19. The van der Waals surface area contributed by atoms with E-state index in [1.54, 1.807) is 0 Å². The zero-order chi connectivity index (χ0) is 9.90. The molecule has 1 aliphatic carbocycles. The maximum atomic E-state index is 9.72. The van der Waals surface area contributed by atoms with Gasteiger partial charge in [-0.05, 0) is 30.6 Å². The molecule has 0 radical (unpaired) electrons. The molecule has 2 unspecified atom stereocenters. The number of hydrogen-bond acceptors (Lipinski definition) is 1. The van der Waals surface area contributed by atoms with Crippen LogP contribution in [0.15, 0.2) is 0 Å². The Labute approximate surface area is 82.5 Å². The molecule has 1 saturated carbocycles. The van der Waals surface area contributed by atoms with Gasteiger partial charge < -0.3 is 5.11 Å². The molecule has 0 saturated heterocycles. The monoisotopic (exact) mass is 184 g/mol. The number of aliphatic hydroxyl groups is 1. The first-order valence-electron chi connectivity index (χ1n) is 5.86. The van der Waals surface area contributed by atoms with Crippen molar-refractivity contribution in [2.24, 2.45) is 11.3 Å². The summed E-state index contributed by atoms with van der Waals surface area (Å²) in [6.45, 7) is 6.86. The fraction of sp³-hybridized carbons (Fsp3) is 1.00. The molecule has 0 spiro atoms. The first kappa shape index (κ1) is 11.0. The smallest absolute Gasteiger partial charge is 0.0545 e. The molecule has 1 aliphatic rings. The standard InChI is InChI=1S/C12H24O/c1-4-10-7-8-11(13)9-12(10,5-2)6-3/h10-11,13H,4-9H2,1-3H3. The highest BCUT2D eigenvalue weighted by Gasteiger charge is 2.39. The summed E-state index contributed by atoms with van der Waals surface area (Å²) in [4.78, 5) is 0. The third kappa shape index (κ3) is 2.07. The van der Waals surface area contributed by atoms with Crippen LogP contribution in [0.1, 0.15) is 59.3 Å². The molecular weight excluding hydrogens is 160 g/mol. The van der Waals surface area contributed by atoms with Crippen molar-refractivity contribution in [3.05, 3.63) is 0 Å². The third-order valence-corrected chi connectivity index (χ3v) is 4.26. The number of hydrogen-bond donors (Lipinski definition) is 1. The van der Waals surface area contributed by atoms with Gasteiger partial charge in [-0.15, -0.1) is 0 Å². The van der Waals surface area contributed by atoms with E-state index in [-0.39, 0.29) is 6.10 Å². The lowest BCUT2D eigenvalue weighted by Gasteiger charge is -2.45. The highest BCUT2D eigenvalue weighted by Crippen LogP contribution is 2.47. The normalized spacial score (nSPS) is 33.2. The zero-order valence-corrected chi connectivity index (χ0v) is 9.34. The summed E-state index contributed by atoms with van der Waals surface area (Å²) in [6, 6.07) is 0. The summed E-state index contributed by atoms with van der Waals surface area (Å²) in [5.41, 5.74) is 0.451. The molecule has 2 atom stereocenters. The first-order chi connectivity index (χ1) is 6.18. The lowest BCUT2D eigenvalue weighted by atomic mass is 9.61. The summed E-state index contributed by atoms with van der Waals surface area (Å²) < 4.78 is 0. The first-order valence-corrected chi connectivity index (χ1v) is 5.86. The highest BCUT2D eigenvalue weighted by molar-refractivity contribution is 4.90. The Kier molecular flexibility index (Phi) is 3.78. The van der Waals surface area contributed by atoms with Gasteiger partial charge >= 0.3 is 0 Å². The Hall–Kier alpha value is -0.0400. The summed E-state index contributed by atoms with van der Waals surface area (Å²) in [5, 5.41) is 9.72. The fourth-order valence-corrected chi connectivity index (χ4v) is 3.19. The Morgan fingerprint density at radius 2 is 1.77 bits per heavy atom. The van der Waals surface area contributed by atoms with Gasteiger partial charge in [-0.2, -0.15) is 0 Å². The molecule has 0 aromatic heterocycles. The maximum absolute atomic E-state index is 9.72. The van der Waals surface area contributed by atoms with Crippen molar-refractivity contribution in [1.82, 2.24) is 0 Å². The third-order valence-electron chi connectivity index (χ3n) is 4.26. The topological polar surface area (TPSA) is 20.2 Å². The summed E-state index contributed by atoms with van der Waals surface area (Å²) in [5.74, 6) is 0.853. The van der Waals surface area contributed by atoms with Crippen LogP contribution in [0.4, 0.5) is 0 Å². The van der Waals surface area contributed by atoms with Gasteiger partial charge in [0.1, 0.15) is 0 Å². The van der Waals surface area contributed by atoms with Crippen LogP contribution in [0.25, 0.3) is 0 Å². The van der Waals surface area contributed by atoms with Crippen LogP contribution in [-0.2, 0) is 0 Å². The van der Waals surface area contributed by atoms with E-state index >= 15 is 0 Å². The largest absolute Gasteiger partial charge is 0.393 e. The molecule has 1 N–H and O–H groups in total. The molecule has 0 bridgehead atoms. The number of rotatable bonds is 3. The minimum atomic E-state index is -0.0253. The van der Waals surface area contributed by atoms with E-state index in [9.17, 15) is 5.11 Å². The van der Waals surface area contributed by atoms with Crippen molar-refractivity contribution in [2.45, 2.75) is 65.4 Å². The Morgan fingerprint density at radius 1 is 1.15 bits per heavy atom. The lowest BCUT2D eigenvalue weighted by Crippen LogP contribution is -2.38. The van der Waals surface area contributed by atoms with Crippen LogP contribution in [0.5, 0.6) is 0 Å². The molecule has 13 heavy (non-hydrogen) atoms. The van der Waals surface area contributed by atoms with Crippen molar-refractivity contribution in [3.8, 4) is 0 Å². The van der Waals surface area contributed by atoms with Gasteiger partial charge in [0.25, 0.3) is 0 Å². The van der Waals surface area contributed by atoms with Crippen LogP contribution < -0.4 is 0 Å². The van der Waals surface area contributed by atoms with Crippen molar-refractivity contribution in [2.75, 3.05) is 0 Å². The predicted octanol–water partition coefficient (Wildman–Crippen LogP) is 3.36. The van der Waals surface area contributed by atoms with Gasteiger partial charge in [0, 0.05) is 0 Å². The second kappa shape index (κ2) is 4.45. The average Bonchev–Trinajstić information content (AvgIpc) is 2.17. The van der Waals surface area contributed by atoms with Crippen LogP contribution in [0, 0.1) is 11.3 Å². The zero-order valence-electron chi connectivity index (χ0n) is 9.34. The summed E-state index contributed by atoms with van der Waals surface area (Å²) in [7, 11) is 0. The minimum absolute atomic E-state index is 0.0253. The summed E-state index contributed by atoms with van der Waals surface area (Å²) >= 11 is 0. The molecule has 0 aromatic rings. The Bertz CT molecular complexity index is 149. The SMILES string of the molecule is CCC1CCC(O)CC1(CC)CC. The van der Waals surface area contributed by atoms with Crippen LogP contribution in [-0.4, -0.2) is 11.2 Å². The second-order valence-electron chi connectivity index (χ2n) is 4.61. The average molecular weight is 184 g/mol. The lowest BCUT2D eigenvalue weighted by molar-refractivity contribution is -0.00695. The van der Waals surface area contributed by atoms with Crippen molar-refractivity contribution in [1.29, 1.82) is 0 Å². The van der Waals surface area contributed by atoms with Crippen LogP contribution in [0.3, 0.4) is 0 Å². The van der Waals surface area contributed by atoms with Crippen molar-refractivity contribution >= 4 is 0 Å².